The van der Waals surface area contributed by atoms with E-state index in [0.717, 1.165) is 25.6 Å². The third-order valence-corrected chi connectivity index (χ3v) is 15.7. The van der Waals surface area contributed by atoms with Crippen molar-refractivity contribution in [1.29, 1.82) is 0 Å². The summed E-state index contributed by atoms with van der Waals surface area (Å²) in [6.45, 7) is 14.2. The number of aliphatic hydroxyl groups excluding tert-OH is 3. The Morgan fingerprint density at radius 3 is 2.38 bits per heavy atom. The Morgan fingerprint density at radius 1 is 1.10 bits per heavy atom. The molecule has 3 aliphatic rings. The van der Waals surface area contributed by atoms with Crippen LogP contribution in [0.15, 0.2) is 40.5 Å². The summed E-state index contributed by atoms with van der Waals surface area (Å²) in [6.07, 6.45) is -3.03. The second kappa shape index (κ2) is 23.8. The van der Waals surface area contributed by atoms with Gasteiger partial charge in [0.15, 0.2) is 21.9 Å². The molecule has 1 unspecified atom stereocenters. The Bertz CT molecular complexity index is 2140. The molecule has 0 amide bonds. The minimum atomic E-state index is -3.47. The number of carbonyl (C=O) groups excluding carboxylic acids is 2. The number of halogens is 1. The molecular weight excluding hydrogens is 920 g/mol. The molecule has 5 rings (SSSR count). The Morgan fingerprint density at radius 2 is 1.78 bits per heavy atom. The van der Waals surface area contributed by atoms with Gasteiger partial charge in [-0.1, -0.05) is 50.2 Å². The quantitative estimate of drug-likeness (QED) is 0.0976. The number of sulfone groups is 1. The first kappa shape index (κ1) is 56.4. The zero-order chi connectivity index (χ0) is 51.2. The summed E-state index contributed by atoms with van der Waals surface area (Å²) in [5.41, 5.74) is -2.05. The molecule has 0 radical (unpaired) electrons. The van der Waals surface area contributed by atoms with Crippen LogP contribution in [0.2, 0.25) is 0 Å². The monoisotopic (exact) mass is 997 g/mol. The maximum atomic E-state index is 14.5. The largest absolute Gasteiger partial charge is 0.459 e. The molecule has 0 saturated carbocycles. The van der Waals surface area contributed by atoms with Crippen molar-refractivity contribution in [1.82, 2.24) is 25.2 Å². The van der Waals surface area contributed by atoms with Gasteiger partial charge in [0, 0.05) is 62.9 Å². The number of likely N-dealkylation sites (N-methyl/N-ethyl adjacent to an activating group) is 1. The summed E-state index contributed by atoms with van der Waals surface area (Å²) < 4.78 is 64.7. The number of hydrogen-bond donors (Lipinski definition) is 5. The predicted molar refractivity (Wildman–Crippen MR) is 252 cm³/mol. The van der Waals surface area contributed by atoms with E-state index >= 15 is 0 Å². The van der Waals surface area contributed by atoms with E-state index < -0.39 is 118 Å². The van der Waals surface area contributed by atoms with E-state index in [-0.39, 0.29) is 23.8 Å². The lowest BCUT2D eigenvalue weighted by Gasteiger charge is -2.47. The lowest BCUT2D eigenvalue weighted by Crippen LogP contribution is -2.60. The first-order chi connectivity index (χ1) is 32.4. The molecule has 3 fully saturated rings. The minimum Gasteiger partial charge on any atom is -0.459 e. The average molecular weight is 997 g/mol. The average Bonchev–Trinajstić information content (AvgIpc) is 3.79. The van der Waals surface area contributed by atoms with Crippen molar-refractivity contribution < 1.29 is 66.6 Å². The van der Waals surface area contributed by atoms with Crippen LogP contribution in [0.4, 0.5) is 4.39 Å². The summed E-state index contributed by atoms with van der Waals surface area (Å²) in [5, 5.41) is 63.2. The molecule has 16 atom stereocenters. The van der Waals surface area contributed by atoms with Crippen LogP contribution in [0.5, 0.6) is 0 Å². The lowest BCUT2D eigenvalue weighted by atomic mass is 9.74. The first-order valence-electron chi connectivity index (χ1n) is 24.2. The van der Waals surface area contributed by atoms with Crippen molar-refractivity contribution in [2.45, 2.75) is 171 Å². The van der Waals surface area contributed by atoms with Gasteiger partial charge in [-0.3, -0.25) is 9.59 Å². The molecule has 3 saturated heterocycles. The van der Waals surface area contributed by atoms with Gasteiger partial charge in [-0.2, -0.15) is 0 Å². The van der Waals surface area contributed by atoms with Crippen LogP contribution in [0.25, 0.3) is 0 Å². The number of Topliss-reactive ketones (excluding diaryl/α,β-unsaturated/α-hetero) is 1. The number of nitrogens with one attached hydrogen (secondary N) is 1. The van der Waals surface area contributed by atoms with Gasteiger partial charge in [0.2, 0.25) is 0 Å². The minimum absolute atomic E-state index is 0.0691. The number of oxime groups is 1. The van der Waals surface area contributed by atoms with Gasteiger partial charge in [-0.25, -0.2) is 17.5 Å². The molecule has 5 N–H and O–H groups in total. The third-order valence-electron chi connectivity index (χ3n) is 14.6. The predicted octanol–water partition coefficient (Wildman–Crippen LogP) is 3.13. The molecule has 3 aliphatic heterocycles. The van der Waals surface area contributed by atoms with E-state index in [1.807, 2.05) is 25.8 Å². The van der Waals surface area contributed by atoms with Crippen molar-refractivity contribution in [3.05, 3.63) is 41.7 Å². The summed E-state index contributed by atoms with van der Waals surface area (Å²) in [4.78, 5) is 36.3. The molecule has 1 aromatic heterocycles. The van der Waals surface area contributed by atoms with Crippen molar-refractivity contribution in [2.75, 3.05) is 46.7 Å². The number of cyclic esters (lactones) is 1. The molecule has 4 heterocycles. The molecular formula is C48H77FN6O13S. The Hall–Kier alpha value is -3.51. The number of aliphatic hydroxyl groups is 4. The van der Waals surface area contributed by atoms with Crippen LogP contribution in [0, 0.1) is 23.7 Å². The summed E-state index contributed by atoms with van der Waals surface area (Å²) in [5.74, 6) is -5.08. The number of nitrogens with zero attached hydrogens (tertiary/aromatic N) is 5. The van der Waals surface area contributed by atoms with E-state index in [9.17, 15) is 42.8 Å². The maximum Gasteiger partial charge on any atom is 0.316 e. The Labute approximate surface area is 406 Å². The van der Waals surface area contributed by atoms with Gasteiger partial charge >= 0.3 is 5.97 Å². The first-order valence-corrected chi connectivity index (χ1v) is 26.0. The molecule has 19 nitrogen and oxygen atoms in total. The topological polar surface area (TPSA) is 254 Å². The SMILES string of the molecule is CC[C@H]1OC(=O)[C@H](C)C(=O)[C@H](C)[C@@H](O[C@@H]2O[C@H](C)C[C@H](N(C)CCc3cn([C@H](CF)[C@H](O)c4ccc(S(C)(=O)=O)cc4)nn3)[C@H]2O)[C@](C)(OC)C[C@@H](C)/C(=N\OC2CCCNC2)[C@H](C)[C@@H](O)[C@]1(C)O. The van der Waals surface area contributed by atoms with E-state index in [0.29, 0.717) is 42.9 Å². The van der Waals surface area contributed by atoms with Crippen molar-refractivity contribution in [3.8, 4) is 0 Å². The van der Waals surface area contributed by atoms with Crippen LogP contribution in [-0.2, 0) is 49.6 Å². The smallest absolute Gasteiger partial charge is 0.316 e. The normalized spacial score (nSPS) is 36.2. The fraction of sp³-hybridized carbons (Fsp3) is 0.771. The highest BCUT2D eigenvalue weighted by molar-refractivity contribution is 7.90. The number of rotatable bonds is 15. The van der Waals surface area contributed by atoms with Gasteiger partial charge in [-0.05, 0) is 91.1 Å². The number of carbonyl (C=O) groups is 2. The van der Waals surface area contributed by atoms with Crippen LogP contribution in [-0.4, -0.2) is 173 Å². The molecule has 2 aromatic rings. The number of piperidine rings is 1. The Kier molecular flexibility index (Phi) is 19.5. The zero-order valence-electron chi connectivity index (χ0n) is 42.0. The summed E-state index contributed by atoms with van der Waals surface area (Å²) >= 11 is 0. The Balaban J connectivity index is 1.39. The number of ether oxygens (including phenoxy) is 4. The molecule has 0 aliphatic carbocycles. The number of ketones is 1. The number of benzene rings is 1. The zero-order valence-corrected chi connectivity index (χ0v) is 42.8. The van der Waals surface area contributed by atoms with E-state index in [1.54, 1.807) is 27.7 Å². The van der Waals surface area contributed by atoms with Crippen LogP contribution in [0.1, 0.15) is 111 Å². The van der Waals surface area contributed by atoms with Gasteiger partial charge in [0.25, 0.3) is 0 Å². The van der Waals surface area contributed by atoms with E-state index in [2.05, 4.69) is 20.8 Å². The maximum absolute atomic E-state index is 14.5. The molecule has 0 spiro atoms. The summed E-state index contributed by atoms with van der Waals surface area (Å²) in [7, 11) is -0.155. The van der Waals surface area contributed by atoms with Gasteiger partial charge in [-0.15, -0.1) is 5.10 Å². The van der Waals surface area contributed by atoms with Gasteiger partial charge in [0.1, 0.15) is 48.7 Å². The van der Waals surface area contributed by atoms with Crippen LogP contribution in [0.3, 0.4) is 0 Å². The number of esters is 1. The fourth-order valence-electron chi connectivity index (χ4n) is 10.1. The molecule has 1 aromatic carbocycles. The highest BCUT2D eigenvalue weighted by atomic mass is 32.2. The fourth-order valence-corrected chi connectivity index (χ4v) is 10.7. The molecule has 0 bridgehead atoms. The number of alkyl halides is 1. The second-order valence-corrected chi connectivity index (χ2v) is 22.0. The molecule has 390 valence electrons. The van der Waals surface area contributed by atoms with Crippen molar-refractivity contribution >= 4 is 27.3 Å². The van der Waals surface area contributed by atoms with Crippen molar-refractivity contribution in [2.24, 2.45) is 28.8 Å². The standard InChI is InChI=1S/C48H77FN6O13S/c1-12-38-48(8,61)43(59)29(4)39(52-68-34-14-13-20-50-25-34)27(2)23-47(7,64-10)44(30(5)40(56)31(6)45(60)66-38)67-46-42(58)36(22-28(3)65-46)54(9)21-19-33-26-55(53-51-33)37(24-49)41(57)32-15-17-35(18-16-32)69(11,62)63/h15-18,26-31,34,36-38,41-44,46,50,57-59,61H,12-14,19-25H2,1-11H3/b52-39+/t27-,28-,29+,30+,31-,34?,36+,37-,38-,41-,42-,43-,44-,46+,47-,48-/m1/s1. The highest BCUT2D eigenvalue weighted by Crippen LogP contribution is 2.39. The van der Waals surface area contributed by atoms with Crippen LogP contribution < -0.4 is 5.32 Å². The van der Waals surface area contributed by atoms with E-state index in [4.69, 9.17) is 23.8 Å². The third kappa shape index (κ3) is 13.3. The van der Waals surface area contributed by atoms with Crippen LogP contribution >= 0.6 is 0 Å². The number of aromatic nitrogens is 3. The molecule has 69 heavy (non-hydrogen) atoms. The number of hydrogen-bond acceptors (Lipinski definition) is 18. The highest BCUT2D eigenvalue weighted by Gasteiger charge is 2.52. The number of methoxy groups -OCH3 is 1. The van der Waals surface area contributed by atoms with Crippen molar-refractivity contribution in [3.63, 3.8) is 0 Å². The van der Waals surface area contributed by atoms with Gasteiger partial charge < -0.3 is 54.4 Å². The van der Waals surface area contributed by atoms with E-state index in [1.165, 1.54) is 56.1 Å². The molecule has 21 heteroatoms. The summed E-state index contributed by atoms with van der Waals surface area (Å²) in [6, 6.07) is 3.91. The van der Waals surface area contributed by atoms with Gasteiger partial charge in [0.05, 0.1) is 40.2 Å². The lowest BCUT2D eigenvalue weighted by molar-refractivity contribution is -0.295. The second-order valence-electron chi connectivity index (χ2n) is 20.0.